The van der Waals surface area contributed by atoms with Crippen LogP contribution in [0.15, 0.2) is 48.5 Å². The van der Waals surface area contributed by atoms with E-state index in [1.165, 1.54) is 0 Å². The summed E-state index contributed by atoms with van der Waals surface area (Å²) in [5, 5.41) is 2.93. The molecule has 2 aromatic carbocycles. The number of ether oxygens (including phenoxy) is 2. The Kier molecular flexibility index (Phi) is 5.67. The molecule has 0 spiro atoms. The first-order chi connectivity index (χ1) is 14.1. The van der Waals surface area contributed by atoms with E-state index in [9.17, 15) is 9.59 Å². The SMILES string of the molecule is Cc1cccc(NC(=O)CN2CC(C(=O)N3CCOCC3)Oc3ccccc32)c1. The monoisotopic (exact) mass is 395 g/mol. The van der Waals surface area contributed by atoms with Gasteiger partial charge in [0.2, 0.25) is 5.91 Å². The maximum absolute atomic E-state index is 12.9. The highest BCUT2D eigenvalue weighted by atomic mass is 16.5. The number of benzene rings is 2. The van der Waals surface area contributed by atoms with E-state index in [1.54, 1.807) is 4.90 Å². The lowest BCUT2D eigenvalue weighted by Crippen LogP contribution is -2.53. The lowest BCUT2D eigenvalue weighted by atomic mass is 10.1. The highest BCUT2D eigenvalue weighted by molar-refractivity contribution is 5.95. The molecule has 0 aromatic heterocycles. The zero-order valence-electron chi connectivity index (χ0n) is 16.5. The molecule has 0 bridgehead atoms. The molecule has 1 unspecified atom stereocenters. The molecule has 0 radical (unpaired) electrons. The molecule has 0 saturated carbocycles. The molecule has 1 N–H and O–H groups in total. The number of anilines is 2. The maximum Gasteiger partial charge on any atom is 0.265 e. The predicted molar refractivity (Wildman–Crippen MR) is 110 cm³/mol. The van der Waals surface area contributed by atoms with Crippen molar-refractivity contribution in [3.8, 4) is 5.75 Å². The molecule has 1 saturated heterocycles. The standard InChI is InChI=1S/C22H25N3O4/c1-16-5-4-6-17(13-16)23-21(26)15-25-14-20(22(27)24-9-11-28-12-10-24)29-19-8-3-2-7-18(19)25/h2-8,13,20H,9-12,14-15H2,1H3,(H,23,26). The Morgan fingerprint density at radius 3 is 2.69 bits per heavy atom. The van der Waals surface area contributed by atoms with E-state index >= 15 is 0 Å². The van der Waals surface area contributed by atoms with Crippen molar-refractivity contribution in [2.45, 2.75) is 13.0 Å². The molecule has 29 heavy (non-hydrogen) atoms. The predicted octanol–water partition coefficient (Wildman–Crippen LogP) is 2.06. The molecule has 2 aliphatic heterocycles. The molecule has 1 fully saturated rings. The third-order valence-electron chi connectivity index (χ3n) is 5.10. The summed E-state index contributed by atoms with van der Waals surface area (Å²) in [6.45, 7) is 4.66. The number of hydrogen-bond donors (Lipinski definition) is 1. The first-order valence-corrected chi connectivity index (χ1v) is 9.84. The Hall–Kier alpha value is -3.06. The largest absolute Gasteiger partial charge is 0.477 e. The van der Waals surface area contributed by atoms with E-state index in [4.69, 9.17) is 9.47 Å². The van der Waals surface area contributed by atoms with E-state index in [0.717, 1.165) is 16.9 Å². The number of rotatable bonds is 4. The summed E-state index contributed by atoms with van der Waals surface area (Å²) in [6, 6.07) is 15.2. The van der Waals surface area contributed by atoms with Crippen LogP contribution in [0.4, 0.5) is 11.4 Å². The minimum Gasteiger partial charge on any atom is -0.477 e. The molecule has 1 atom stereocenters. The van der Waals surface area contributed by atoms with Crippen LogP contribution in [0.3, 0.4) is 0 Å². The number of carbonyl (C=O) groups excluding carboxylic acids is 2. The number of nitrogens with zero attached hydrogens (tertiary/aromatic N) is 2. The zero-order chi connectivity index (χ0) is 20.2. The Labute approximate surface area is 170 Å². The number of carbonyl (C=O) groups is 2. The normalized spacial score (nSPS) is 18.6. The van der Waals surface area contributed by atoms with Gasteiger partial charge in [0, 0.05) is 18.8 Å². The number of morpholine rings is 1. The smallest absolute Gasteiger partial charge is 0.265 e. The van der Waals surface area contributed by atoms with Crippen molar-refractivity contribution in [3.05, 3.63) is 54.1 Å². The van der Waals surface area contributed by atoms with E-state index in [0.29, 0.717) is 38.6 Å². The van der Waals surface area contributed by atoms with Crippen LogP contribution in [0.2, 0.25) is 0 Å². The van der Waals surface area contributed by atoms with Gasteiger partial charge in [0.1, 0.15) is 5.75 Å². The topological polar surface area (TPSA) is 71.1 Å². The maximum atomic E-state index is 12.9. The molecule has 2 aromatic rings. The molecule has 2 aliphatic rings. The number of amides is 2. The van der Waals surface area contributed by atoms with Gasteiger partial charge in [0.25, 0.3) is 5.91 Å². The van der Waals surface area contributed by atoms with E-state index in [-0.39, 0.29) is 18.4 Å². The van der Waals surface area contributed by atoms with Crippen molar-refractivity contribution < 1.29 is 19.1 Å². The van der Waals surface area contributed by atoms with Gasteiger partial charge in [-0.2, -0.15) is 0 Å². The molecule has 4 rings (SSSR count). The van der Waals surface area contributed by atoms with Gasteiger partial charge in [-0.15, -0.1) is 0 Å². The van der Waals surface area contributed by atoms with Gasteiger partial charge in [0.15, 0.2) is 6.10 Å². The molecule has 7 heteroatoms. The minimum absolute atomic E-state index is 0.0631. The lowest BCUT2D eigenvalue weighted by molar-refractivity contribution is -0.142. The molecule has 152 valence electrons. The van der Waals surface area contributed by atoms with Crippen LogP contribution in [0.5, 0.6) is 5.75 Å². The van der Waals surface area contributed by atoms with Gasteiger partial charge in [0.05, 0.1) is 32.0 Å². The Morgan fingerprint density at radius 2 is 1.90 bits per heavy atom. The zero-order valence-corrected chi connectivity index (χ0v) is 16.5. The van der Waals surface area contributed by atoms with E-state index < -0.39 is 6.10 Å². The number of nitrogens with one attached hydrogen (secondary N) is 1. The van der Waals surface area contributed by atoms with Gasteiger partial charge in [-0.3, -0.25) is 9.59 Å². The fourth-order valence-corrected chi connectivity index (χ4v) is 3.67. The number of fused-ring (bicyclic) bond motifs is 1. The van der Waals surface area contributed by atoms with Crippen molar-refractivity contribution in [1.29, 1.82) is 0 Å². The summed E-state index contributed by atoms with van der Waals surface area (Å²) in [6.07, 6.45) is -0.644. The fourth-order valence-electron chi connectivity index (χ4n) is 3.67. The summed E-state index contributed by atoms with van der Waals surface area (Å²) < 4.78 is 11.3. The van der Waals surface area contributed by atoms with Crippen molar-refractivity contribution in [2.24, 2.45) is 0 Å². The second-order valence-electron chi connectivity index (χ2n) is 7.31. The molecule has 2 heterocycles. The van der Waals surface area contributed by atoms with Crippen molar-refractivity contribution >= 4 is 23.2 Å². The van der Waals surface area contributed by atoms with Crippen LogP contribution in [0.1, 0.15) is 5.56 Å². The van der Waals surface area contributed by atoms with Crippen LogP contribution in [-0.4, -0.2) is 62.2 Å². The first kappa shape index (κ1) is 19.3. The van der Waals surface area contributed by atoms with Gasteiger partial charge in [-0.05, 0) is 36.8 Å². The molecule has 7 nitrogen and oxygen atoms in total. The van der Waals surface area contributed by atoms with Gasteiger partial charge in [-0.1, -0.05) is 24.3 Å². The van der Waals surface area contributed by atoms with Gasteiger partial charge >= 0.3 is 0 Å². The van der Waals surface area contributed by atoms with Crippen LogP contribution in [-0.2, 0) is 14.3 Å². The average molecular weight is 395 g/mol. The average Bonchev–Trinajstić information content (AvgIpc) is 2.73. The summed E-state index contributed by atoms with van der Waals surface area (Å²) in [5.41, 5.74) is 2.66. The summed E-state index contributed by atoms with van der Waals surface area (Å²) >= 11 is 0. The Morgan fingerprint density at radius 1 is 1.10 bits per heavy atom. The molecular formula is C22H25N3O4. The van der Waals surface area contributed by atoms with Crippen LogP contribution in [0.25, 0.3) is 0 Å². The molecule has 0 aliphatic carbocycles. The van der Waals surface area contributed by atoms with Crippen LogP contribution < -0.4 is 15.0 Å². The number of hydrogen-bond acceptors (Lipinski definition) is 5. The summed E-state index contributed by atoms with van der Waals surface area (Å²) in [5.74, 6) is 0.422. The van der Waals surface area contributed by atoms with Crippen molar-refractivity contribution in [3.63, 3.8) is 0 Å². The number of para-hydroxylation sites is 2. The van der Waals surface area contributed by atoms with Crippen LogP contribution in [0, 0.1) is 6.92 Å². The first-order valence-electron chi connectivity index (χ1n) is 9.84. The Balaban J connectivity index is 1.48. The van der Waals surface area contributed by atoms with Crippen molar-refractivity contribution in [1.82, 2.24) is 4.90 Å². The highest BCUT2D eigenvalue weighted by Crippen LogP contribution is 2.33. The molecule has 2 amide bonds. The third kappa shape index (κ3) is 4.51. The quantitative estimate of drug-likeness (QED) is 0.858. The second kappa shape index (κ2) is 8.53. The van der Waals surface area contributed by atoms with Gasteiger partial charge in [-0.25, -0.2) is 0 Å². The highest BCUT2D eigenvalue weighted by Gasteiger charge is 2.34. The second-order valence-corrected chi connectivity index (χ2v) is 7.31. The number of aryl methyl sites for hydroxylation is 1. The minimum atomic E-state index is -0.644. The lowest BCUT2D eigenvalue weighted by Gasteiger charge is -2.38. The van der Waals surface area contributed by atoms with E-state index in [2.05, 4.69) is 5.32 Å². The molecular weight excluding hydrogens is 370 g/mol. The van der Waals surface area contributed by atoms with E-state index in [1.807, 2.05) is 60.4 Å². The third-order valence-corrected chi connectivity index (χ3v) is 5.10. The van der Waals surface area contributed by atoms with Crippen molar-refractivity contribution in [2.75, 3.05) is 49.6 Å². The fraction of sp³-hybridized carbons (Fsp3) is 0.364. The summed E-state index contributed by atoms with van der Waals surface area (Å²) in [7, 11) is 0. The van der Waals surface area contributed by atoms with Gasteiger partial charge < -0.3 is 24.6 Å². The van der Waals surface area contributed by atoms with Crippen LogP contribution >= 0.6 is 0 Å². The summed E-state index contributed by atoms with van der Waals surface area (Å²) in [4.78, 5) is 29.3. The Bertz CT molecular complexity index is 895.